The Morgan fingerprint density at radius 3 is 2.37 bits per heavy atom. The van der Waals surface area contributed by atoms with Gasteiger partial charge in [0.15, 0.2) is 5.96 Å². The quantitative estimate of drug-likeness (QED) is 0.321. The van der Waals surface area contributed by atoms with Gasteiger partial charge in [0.2, 0.25) is 0 Å². The molecule has 2 aromatic carbocycles. The van der Waals surface area contributed by atoms with Crippen LogP contribution in [0.15, 0.2) is 53.5 Å². The molecule has 2 aromatic rings. The molecule has 0 aliphatic heterocycles. The molecule has 0 saturated carbocycles. The molecule has 0 bridgehead atoms. The molecule has 0 amide bonds. The topological polar surface area (TPSA) is 88.8 Å². The third-order valence-corrected chi connectivity index (χ3v) is 4.39. The molecule has 7 nitrogen and oxygen atoms in total. The fourth-order valence-corrected chi connectivity index (χ4v) is 2.65. The first kappa shape index (κ1) is 20.2. The van der Waals surface area contributed by atoms with E-state index >= 15 is 0 Å². The van der Waals surface area contributed by atoms with Gasteiger partial charge in [-0.1, -0.05) is 31.2 Å². The molecule has 0 radical (unpaired) electrons. The predicted molar refractivity (Wildman–Crippen MR) is 107 cm³/mol. The lowest BCUT2D eigenvalue weighted by Crippen LogP contribution is -2.37. The van der Waals surface area contributed by atoms with Crippen LogP contribution >= 0.6 is 0 Å². The average Bonchev–Trinajstić information content (AvgIpc) is 2.70. The first-order valence-electron chi connectivity index (χ1n) is 8.85. The molecule has 0 saturated heterocycles. The molecule has 1 unspecified atom stereocenters. The molecule has 0 fully saturated rings. The molecule has 144 valence electrons. The summed E-state index contributed by atoms with van der Waals surface area (Å²) in [6.07, 6.45) is 0.963. The summed E-state index contributed by atoms with van der Waals surface area (Å²) in [5, 5.41) is 17.2. The summed E-state index contributed by atoms with van der Waals surface area (Å²) in [5.41, 5.74) is 2.32. The number of nitro benzene ring substituents is 1. The lowest BCUT2D eigenvalue weighted by molar-refractivity contribution is -0.384. The first-order chi connectivity index (χ1) is 13.0. The largest absolute Gasteiger partial charge is 0.497 e. The average molecular weight is 370 g/mol. The van der Waals surface area contributed by atoms with Crippen LogP contribution in [0, 0.1) is 10.1 Å². The minimum absolute atomic E-state index is 0.0915. The van der Waals surface area contributed by atoms with Crippen LogP contribution < -0.4 is 15.4 Å². The SMILES string of the molecule is CN=C(NCCC(C)c1ccc(OC)cc1)NCc1ccc([N+](=O)[O-])cc1. The Bertz CT molecular complexity index is 758. The van der Waals surface area contributed by atoms with Crippen LogP contribution in [-0.4, -0.2) is 31.6 Å². The number of aliphatic imine (C=N–C) groups is 1. The highest BCUT2D eigenvalue weighted by Crippen LogP contribution is 2.21. The van der Waals surface area contributed by atoms with Crippen molar-refractivity contribution in [3.05, 3.63) is 69.8 Å². The van der Waals surface area contributed by atoms with E-state index in [1.54, 1.807) is 26.3 Å². The summed E-state index contributed by atoms with van der Waals surface area (Å²) < 4.78 is 5.19. The van der Waals surface area contributed by atoms with Gasteiger partial charge in [0.05, 0.1) is 12.0 Å². The van der Waals surface area contributed by atoms with Crippen molar-refractivity contribution in [3.8, 4) is 5.75 Å². The van der Waals surface area contributed by atoms with E-state index in [2.05, 4.69) is 34.7 Å². The second-order valence-corrected chi connectivity index (χ2v) is 6.24. The van der Waals surface area contributed by atoms with Crippen molar-refractivity contribution in [3.63, 3.8) is 0 Å². The molecule has 7 heteroatoms. The zero-order chi connectivity index (χ0) is 19.6. The number of nitro groups is 1. The summed E-state index contributed by atoms with van der Waals surface area (Å²) in [6, 6.07) is 14.6. The van der Waals surface area contributed by atoms with Gasteiger partial charge in [0.25, 0.3) is 5.69 Å². The van der Waals surface area contributed by atoms with Gasteiger partial charge in [-0.2, -0.15) is 0 Å². The van der Waals surface area contributed by atoms with Gasteiger partial charge in [0.1, 0.15) is 5.75 Å². The number of nitrogens with zero attached hydrogens (tertiary/aromatic N) is 2. The maximum atomic E-state index is 10.7. The minimum Gasteiger partial charge on any atom is -0.497 e. The lowest BCUT2D eigenvalue weighted by atomic mass is 9.98. The molecule has 0 heterocycles. The summed E-state index contributed by atoms with van der Waals surface area (Å²) >= 11 is 0. The highest BCUT2D eigenvalue weighted by atomic mass is 16.6. The Hall–Kier alpha value is -3.09. The van der Waals surface area contributed by atoms with Crippen LogP contribution in [0.1, 0.15) is 30.4 Å². The second-order valence-electron chi connectivity index (χ2n) is 6.24. The zero-order valence-corrected chi connectivity index (χ0v) is 15.9. The van der Waals surface area contributed by atoms with Crippen LogP contribution in [0.3, 0.4) is 0 Å². The summed E-state index contributed by atoms with van der Waals surface area (Å²) in [6.45, 7) is 3.52. The normalized spacial score (nSPS) is 12.3. The lowest BCUT2D eigenvalue weighted by Gasteiger charge is -2.15. The molecular weight excluding hydrogens is 344 g/mol. The van der Waals surface area contributed by atoms with Crippen LogP contribution in [0.4, 0.5) is 5.69 Å². The van der Waals surface area contributed by atoms with E-state index in [1.807, 2.05) is 12.1 Å². The maximum Gasteiger partial charge on any atom is 0.269 e. The van der Waals surface area contributed by atoms with Crippen LogP contribution in [0.2, 0.25) is 0 Å². The van der Waals surface area contributed by atoms with E-state index in [0.717, 1.165) is 24.3 Å². The molecular formula is C20H26N4O3. The first-order valence-corrected chi connectivity index (χ1v) is 8.85. The predicted octanol–water partition coefficient (Wildman–Crippen LogP) is 3.46. The number of ether oxygens (including phenoxy) is 1. The second kappa shape index (κ2) is 10.2. The van der Waals surface area contributed by atoms with Crippen molar-refractivity contribution in [2.45, 2.75) is 25.8 Å². The number of nitrogens with one attached hydrogen (secondary N) is 2. The highest BCUT2D eigenvalue weighted by molar-refractivity contribution is 5.79. The number of rotatable bonds is 8. The van der Waals surface area contributed by atoms with E-state index in [-0.39, 0.29) is 5.69 Å². The standard InChI is InChI=1S/C20H26N4O3/c1-15(17-6-10-19(27-3)11-7-17)12-13-22-20(21-2)23-14-16-4-8-18(9-5-16)24(25)26/h4-11,15H,12-14H2,1-3H3,(H2,21,22,23). The zero-order valence-electron chi connectivity index (χ0n) is 15.9. The third kappa shape index (κ3) is 6.29. The van der Waals surface area contributed by atoms with Crippen molar-refractivity contribution < 1.29 is 9.66 Å². The minimum atomic E-state index is -0.401. The number of guanidine groups is 1. The van der Waals surface area contributed by atoms with Gasteiger partial charge in [0, 0.05) is 32.3 Å². The smallest absolute Gasteiger partial charge is 0.269 e. The summed E-state index contributed by atoms with van der Waals surface area (Å²) in [4.78, 5) is 14.5. The fraction of sp³-hybridized carbons (Fsp3) is 0.350. The Morgan fingerprint density at radius 1 is 1.15 bits per heavy atom. The van der Waals surface area contributed by atoms with E-state index in [0.29, 0.717) is 18.4 Å². The molecule has 1 atom stereocenters. The monoisotopic (exact) mass is 370 g/mol. The molecule has 2 rings (SSSR count). The van der Waals surface area contributed by atoms with Crippen LogP contribution in [0.5, 0.6) is 5.75 Å². The van der Waals surface area contributed by atoms with E-state index in [4.69, 9.17) is 4.74 Å². The van der Waals surface area contributed by atoms with Crippen molar-refractivity contribution in [2.75, 3.05) is 20.7 Å². The van der Waals surface area contributed by atoms with E-state index in [9.17, 15) is 10.1 Å². The Balaban J connectivity index is 1.76. The Labute approximate surface area is 159 Å². The molecule has 27 heavy (non-hydrogen) atoms. The molecule has 0 aliphatic carbocycles. The maximum absolute atomic E-state index is 10.7. The van der Waals surface area contributed by atoms with Crippen molar-refractivity contribution in [1.29, 1.82) is 0 Å². The van der Waals surface area contributed by atoms with Gasteiger partial charge in [-0.25, -0.2) is 0 Å². The molecule has 0 spiro atoms. The van der Waals surface area contributed by atoms with Crippen LogP contribution in [0.25, 0.3) is 0 Å². The van der Waals surface area contributed by atoms with E-state index in [1.165, 1.54) is 17.7 Å². The van der Waals surface area contributed by atoms with Crippen molar-refractivity contribution >= 4 is 11.6 Å². The summed E-state index contributed by atoms with van der Waals surface area (Å²) in [5.74, 6) is 1.98. The number of hydrogen-bond donors (Lipinski definition) is 2. The number of methoxy groups -OCH3 is 1. The van der Waals surface area contributed by atoms with Crippen molar-refractivity contribution in [1.82, 2.24) is 10.6 Å². The molecule has 0 aromatic heterocycles. The van der Waals surface area contributed by atoms with Crippen LogP contribution in [-0.2, 0) is 6.54 Å². The van der Waals surface area contributed by atoms with Gasteiger partial charge in [-0.05, 0) is 35.6 Å². The van der Waals surface area contributed by atoms with Gasteiger partial charge in [-0.3, -0.25) is 15.1 Å². The highest BCUT2D eigenvalue weighted by Gasteiger charge is 2.07. The molecule has 0 aliphatic rings. The Kier molecular flexibility index (Phi) is 7.61. The third-order valence-electron chi connectivity index (χ3n) is 4.39. The molecule has 2 N–H and O–H groups in total. The van der Waals surface area contributed by atoms with Gasteiger partial charge >= 0.3 is 0 Å². The number of hydrogen-bond acceptors (Lipinski definition) is 4. The fourth-order valence-electron chi connectivity index (χ4n) is 2.65. The van der Waals surface area contributed by atoms with Gasteiger partial charge < -0.3 is 15.4 Å². The Morgan fingerprint density at radius 2 is 1.81 bits per heavy atom. The van der Waals surface area contributed by atoms with Crippen molar-refractivity contribution in [2.24, 2.45) is 4.99 Å². The van der Waals surface area contributed by atoms with Gasteiger partial charge in [-0.15, -0.1) is 0 Å². The number of benzene rings is 2. The summed E-state index contributed by atoms with van der Waals surface area (Å²) in [7, 11) is 3.38. The number of non-ortho nitro benzene ring substituents is 1. The van der Waals surface area contributed by atoms with E-state index < -0.39 is 4.92 Å².